The van der Waals surface area contributed by atoms with Crippen LogP contribution in [0.5, 0.6) is 0 Å². The topological polar surface area (TPSA) is 70.4 Å². The van der Waals surface area contributed by atoms with Gasteiger partial charge in [0.15, 0.2) is 10.2 Å². The summed E-state index contributed by atoms with van der Waals surface area (Å²) in [6.07, 6.45) is 2.21. The fourth-order valence-corrected chi connectivity index (χ4v) is 5.49. The Morgan fingerprint density at radius 1 is 1.11 bits per heavy atom. The lowest BCUT2D eigenvalue weighted by Gasteiger charge is -2.26. The highest BCUT2D eigenvalue weighted by Gasteiger charge is 2.42. The van der Waals surface area contributed by atoms with Crippen LogP contribution in [0.4, 0.5) is 11.4 Å². The largest absolute Gasteiger partial charge is 0.452 e. The summed E-state index contributed by atoms with van der Waals surface area (Å²) in [6, 6.07) is 23.8. The number of carbonyl (C=O) groups excluding carboxylic acids is 1. The van der Waals surface area contributed by atoms with Crippen molar-refractivity contribution in [3.63, 3.8) is 0 Å². The van der Waals surface area contributed by atoms with Gasteiger partial charge in [0.25, 0.3) is 0 Å². The first-order chi connectivity index (χ1) is 17.9. The van der Waals surface area contributed by atoms with E-state index in [1.165, 1.54) is 5.56 Å². The molecule has 0 bridgehead atoms. The highest BCUT2D eigenvalue weighted by atomic mass is 32.2. The average molecular weight is 529 g/mol. The van der Waals surface area contributed by atoms with E-state index in [0.717, 1.165) is 38.4 Å². The fourth-order valence-electron chi connectivity index (χ4n) is 4.37. The highest BCUT2D eigenvalue weighted by Crippen LogP contribution is 2.44. The Bertz CT molecular complexity index is 1420. The molecule has 1 aliphatic heterocycles. The molecule has 1 amide bonds. The molecule has 8 heteroatoms. The van der Waals surface area contributed by atoms with Gasteiger partial charge in [-0.05, 0) is 86.2 Å². The van der Waals surface area contributed by atoms with Crippen molar-refractivity contribution in [2.45, 2.75) is 49.3 Å². The van der Waals surface area contributed by atoms with Gasteiger partial charge >= 0.3 is 0 Å². The number of aromatic nitrogens is 1. The number of thiocarbonyl (C=S) groups is 1. The van der Waals surface area contributed by atoms with Gasteiger partial charge in [-0.3, -0.25) is 9.78 Å². The number of hydrogen-bond donors (Lipinski definition) is 2. The molecule has 3 heterocycles. The Labute approximate surface area is 226 Å². The summed E-state index contributed by atoms with van der Waals surface area (Å²) >= 11 is 7.42. The Balaban J connectivity index is 1.50. The van der Waals surface area contributed by atoms with Crippen LogP contribution in [-0.2, 0) is 4.79 Å². The Morgan fingerprint density at radius 2 is 1.92 bits per heavy atom. The van der Waals surface area contributed by atoms with Crippen LogP contribution in [0.3, 0.4) is 0 Å². The SMILES string of the molecule is CCC(=O)Nc1ccc(N2C(=S)N[C@@H](c3ccccn3)[C@@H]2c2ccc(Sc3ccc(C)cc3)o2)cc1C. The van der Waals surface area contributed by atoms with E-state index in [9.17, 15) is 4.79 Å². The van der Waals surface area contributed by atoms with E-state index >= 15 is 0 Å². The van der Waals surface area contributed by atoms with E-state index in [-0.39, 0.29) is 18.0 Å². The minimum atomic E-state index is -0.245. The van der Waals surface area contributed by atoms with Crippen molar-refractivity contribution in [2.75, 3.05) is 10.2 Å². The second-order valence-corrected chi connectivity index (χ2v) is 10.4. The van der Waals surface area contributed by atoms with E-state index in [4.69, 9.17) is 16.6 Å². The van der Waals surface area contributed by atoms with Crippen LogP contribution < -0.4 is 15.5 Å². The third-order valence-electron chi connectivity index (χ3n) is 6.31. The lowest BCUT2D eigenvalue weighted by atomic mass is 10.0. The smallest absolute Gasteiger partial charge is 0.224 e. The van der Waals surface area contributed by atoms with Gasteiger partial charge in [-0.15, -0.1) is 0 Å². The number of rotatable bonds is 7. The van der Waals surface area contributed by atoms with Crippen molar-refractivity contribution in [3.8, 4) is 0 Å². The molecule has 0 unspecified atom stereocenters. The Kier molecular flexibility index (Phi) is 7.30. The highest BCUT2D eigenvalue weighted by molar-refractivity contribution is 7.99. The molecule has 5 rings (SSSR count). The van der Waals surface area contributed by atoms with E-state index in [1.807, 2.05) is 62.4 Å². The normalized spacial score (nSPS) is 17.1. The van der Waals surface area contributed by atoms with E-state index < -0.39 is 0 Å². The molecule has 1 fully saturated rings. The van der Waals surface area contributed by atoms with Crippen LogP contribution in [0, 0.1) is 13.8 Å². The monoisotopic (exact) mass is 528 g/mol. The van der Waals surface area contributed by atoms with Crippen molar-refractivity contribution in [3.05, 3.63) is 102 Å². The quantitative estimate of drug-likeness (QED) is 0.251. The van der Waals surface area contributed by atoms with Crippen LogP contribution in [0.15, 0.2) is 93.4 Å². The number of hydrogen-bond acceptors (Lipinski definition) is 5. The third kappa shape index (κ3) is 5.40. The summed E-state index contributed by atoms with van der Waals surface area (Å²) in [7, 11) is 0. The van der Waals surface area contributed by atoms with E-state index in [1.54, 1.807) is 18.0 Å². The molecular weight excluding hydrogens is 500 g/mol. The fraction of sp³-hybridized carbons (Fsp3) is 0.207. The summed E-state index contributed by atoms with van der Waals surface area (Å²) in [5, 5.41) is 7.83. The average Bonchev–Trinajstić information content (AvgIpc) is 3.51. The van der Waals surface area contributed by atoms with Gasteiger partial charge in [0.2, 0.25) is 5.91 Å². The summed E-state index contributed by atoms with van der Waals surface area (Å²) in [6.45, 7) is 5.90. The standard InChI is InChI=1S/C29H28N4O2S2/c1-4-25(34)31-22-13-10-20(17-19(22)3)33-28(27(32-29(33)36)23-7-5-6-16-30-23)24-14-15-26(35-24)37-21-11-8-18(2)9-12-21/h5-17,27-28H,4H2,1-3H3,(H,31,34)(H,32,36)/t27-,28-/m0/s1. The molecule has 2 atom stereocenters. The van der Waals surface area contributed by atoms with Crippen molar-refractivity contribution in [1.82, 2.24) is 10.3 Å². The van der Waals surface area contributed by atoms with Gasteiger partial charge in [0.05, 0.1) is 11.7 Å². The molecule has 0 saturated carbocycles. The number of nitrogens with one attached hydrogen (secondary N) is 2. The van der Waals surface area contributed by atoms with Gasteiger partial charge in [-0.25, -0.2) is 0 Å². The van der Waals surface area contributed by atoms with Gasteiger partial charge < -0.3 is 20.0 Å². The van der Waals surface area contributed by atoms with Crippen LogP contribution in [0.2, 0.25) is 0 Å². The first-order valence-electron chi connectivity index (χ1n) is 12.2. The van der Waals surface area contributed by atoms with Crippen molar-refractivity contribution >= 4 is 46.4 Å². The molecule has 6 nitrogen and oxygen atoms in total. The first kappa shape index (κ1) is 25.0. The lowest BCUT2D eigenvalue weighted by Crippen LogP contribution is -2.29. The molecule has 0 aliphatic carbocycles. The molecule has 0 radical (unpaired) electrons. The molecule has 4 aromatic rings. The van der Waals surface area contributed by atoms with Crippen molar-refractivity contribution in [1.29, 1.82) is 0 Å². The van der Waals surface area contributed by atoms with Crippen LogP contribution >= 0.6 is 24.0 Å². The van der Waals surface area contributed by atoms with Crippen LogP contribution in [0.1, 0.15) is 48.0 Å². The van der Waals surface area contributed by atoms with Gasteiger partial charge in [0.1, 0.15) is 11.8 Å². The number of anilines is 2. The number of aryl methyl sites for hydroxylation is 2. The molecule has 1 aliphatic rings. The van der Waals surface area contributed by atoms with Crippen LogP contribution in [-0.4, -0.2) is 16.0 Å². The first-order valence-corrected chi connectivity index (χ1v) is 13.4. The maximum Gasteiger partial charge on any atom is 0.224 e. The second-order valence-electron chi connectivity index (χ2n) is 8.97. The minimum Gasteiger partial charge on any atom is -0.452 e. The van der Waals surface area contributed by atoms with Gasteiger partial charge in [0, 0.05) is 28.9 Å². The zero-order valence-electron chi connectivity index (χ0n) is 20.9. The molecular formula is C29H28N4O2S2. The summed E-state index contributed by atoms with van der Waals surface area (Å²) < 4.78 is 6.41. The predicted molar refractivity (Wildman–Crippen MR) is 152 cm³/mol. The number of benzene rings is 2. The minimum absolute atomic E-state index is 0.0171. The molecule has 0 spiro atoms. The molecule has 2 N–H and O–H groups in total. The number of carbonyl (C=O) groups is 1. The number of pyridine rings is 1. The zero-order valence-corrected chi connectivity index (χ0v) is 22.5. The zero-order chi connectivity index (χ0) is 25.9. The molecule has 188 valence electrons. The molecule has 2 aromatic carbocycles. The van der Waals surface area contributed by atoms with E-state index in [0.29, 0.717) is 11.5 Å². The van der Waals surface area contributed by atoms with Crippen molar-refractivity contribution < 1.29 is 9.21 Å². The molecule has 37 heavy (non-hydrogen) atoms. The predicted octanol–water partition coefficient (Wildman–Crippen LogP) is 6.97. The summed E-state index contributed by atoms with van der Waals surface area (Å²) in [5.74, 6) is 0.773. The summed E-state index contributed by atoms with van der Waals surface area (Å²) in [5.41, 5.74) is 4.76. The van der Waals surface area contributed by atoms with E-state index in [2.05, 4.69) is 51.7 Å². The van der Waals surface area contributed by atoms with Gasteiger partial charge in [-0.1, -0.05) is 42.4 Å². The third-order valence-corrected chi connectivity index (χ3v) is 7.56. The maximum atomic E-state index is 11.9. The number of amides is 1. The summed E-state index contributed by atoms with van der Waals surface area (Å²) in [4.78, 5) is 19.7. The second kappa shape index (κ2) is 10.8. The number of nitrogens with zero attached hydrogens (tertiary/aromatic N) is 2. The lowest BCUT2D eigenvalue weighted by molar-refractivity contribution is -0.115. The number of furan rings is 1. The maximum absolute atomic E-state index is 11.9. The Hall–Kier alpha value is -3.62. The van der Waals surface area contributed by atoms with Crippen LogP contribution in [0.25, 0.3) is 0 Å². The van der Waals surface area contributed by atoms with Crippen molar-refractivity contribution in [2.24, 2.45) is 0 Å². The Morgan fingerprint density at radius 3 is 2.62 bits per heavy atom. The molecule has 1 saturated heterocycles. The molecule has 2 aromatic heterocycles. The van der Waals surface area contributed by atoms with Gasteiger partial charge in [-0.2, -0.15) is 0 Å².